The fraction of sp³-hybridized carbons (Fsp3) is 0.333. The highest BCUT2D eigenvalue weighted by atomic mass is 16.1. The minimum Gasteiger partial charge on any atom is -0.369 e. The van der Waals surface area contributed by atoms with Crippen molar-refractivity contribution in [3.05, 3.63) is 90.0 Å². The van der Waals surface area contributed by atoms with Crippen LogP contribution in [0.3, 0.4) is 0 Å². The van der Waals surface area contributed by atoms with Gasteiger partial charge in [0.1, 0.15) is 23.3 Å². The maximum absolute atomic E-state index is 13.1. The molecule has 1 aromatic heterocycles. The van der Waals surface area contributed by atoms with Crippen LogP contribution in [0.5, 0.6) is 0 Å². The molecule has 4 rings (SSSR count). The van der Waals surface area contributed by atoms with Crippen LogP contribution in [-0.2, 0) is 17.3 Å². The summed E-state index contributed by atoms with van der Waals surface area (Å²) in [4.78, 5) is 13.1. The van der Waals surface area contributed by atoms with E-state index in [0.717, 1.165) is 30.4 Å². The molecule has 3 aromatic rings. The number of carbonyl (C=O) groups is 1. The number of nitrogens with two attached hydrogens (primary N) is 1. The second kappa shape index (κ2) is 7.27. The number of benzene rings is 2. The molecular weight excluding hydrogens is 346 g/mol. The van der Waals surface area contributed by atoms with Crippen molar-refractivity contribution < 1.29 is 9.36 Å². The molecule has 1 heterocycles. The first-order chi connectivity index (χ1) is 13.5. The molecule has 0 aliphatic heterocycles. The van der Waals surface area contributed by atoms with Gasteiger partial charge in [-0.25, -0.2) is 9.13 Å². The van der Waals surface area contributed by atoms with E-state index in [2.05, 4.69) is 35.6 Å². The van der Waals surface area contributed by atoms with Gasteiger partial charge in [-0.15, -0.1) is 0 Å². The van der Waals surface area contributed by atoms with Gasteiger partial charge in [0.05, 0.1) is 7.05 Å². The Morgan fingerprint density at radius 2 is 1.61 bits per heavy atom. The molecule has 1 saturated carbocycles. The minimum atomic E-state index is -0.804. The average Bonchev–Trinajstić information content (AvgIpc) is 3.31. The van der Waals surface area contributed by atoms with Gasteiger partial charge >= 0.3 is 0 Å². The quantitative estimate of drug-likeness (QED) is 0.684. The van der Waals surface area contributed by atoms with E-state index >= 15 is 0 Å². The van der Waals surface area contributed by atoms with Crippen molar-refractivity contribution in [1.82, 2.24) is 4.57 Å². The molecule has 0 radical (unpaired) electrons. The number of nitrogens with zero attached hydrogens (tertiary/aromatic N) is 2. The lowest BCUT2D eigenvalue weighted by molar-refractivity contribution is -0.721. The maximum atomic E-state index is 13.1. The summed E-state index contributed by atoms with van der Waals surface area (Å²) in [6, 6.07) is 20.5. The molecular formula is C24H28N3O+. The van der Waals surface area contributed by atoms with Crippen molar-refractivity contribution in [2.75, 3.05) is 0 Å². The number of primary amides is 1. The van der Waals surface area contributed by atoms with Crippen LogP contribution < -0.4 is 10.3 Å². The molecule has 0 bridgehead atoms. The van der Waals surface area contributed by atoms with Gasteiger partial charge in [0.2, 0.25) is 12.2 Å². The van der Waals surface area contributed by atoms with Gasteiger partial charge in [0.15, 0.2) is 0 Å². The second-order valence-corrected chi connectivity index (χ2v) is 8.01. The predicted molar refractivity (Wildman–Crippen MR) is 110 cm³/mol. The molecule has 4 nitrogen and oxygen atoms in total. The summed E-state index contributed by atoms with van der Waals surface area (Å²) in [5.74, 6) is -0.0994. The molecule has 0 spiro atoms. The lowest BCUT2D eigenvalue weighted by atomic mass is 9.64. The molecule has 1 aliphatic carbocycles. The Morgan fingerprint density at radius 1 is 1.04 bits per heavy atom. The zero-order valence-electron chi connectivity index (χ0n) is 16.6. The van der Waals surface area contributed by atoms with Gasteiger partial charge in [-0.05, 0) is 36.3 Å². The lowest BCUT2D eigenvalue weighted by Gasteiger charge is -2.37. The van der Waals surface area contributed by atoms with E-state index in [1.807, 2.05) is 60.7 Å². The molecule has 144 valence electrons. The smallest absolute Gasteiger partial charge is 0.243 e. The molecule has 2 atom stereocenters. The summed E-state index contributed by atoms with van der Waals surface area (Å²) in [5, 5.41) is 0. The number of imidazole rings is 1. The van der Waals surface area contributed by atoms with Crippen LogP contribution >= 0.6 is 0 Å². The molecule has 0 saturated heterocycles. The minimum absolute atomic E-state index is 0.160. The fourth-order valence-electron chi connectivity index (χ4n) is 4.98. The third-order valence-electron chi connectivity index (χ3n) is 6.48. The third-order valence-corrected chi connectivity index (χ3v) is 6.48. The lowest BCUT2D eigenvalue weighted by Crippen LogP contribution is -2.48. The Morgan fingerprint density at radius 3 is 2.07 bits per heavy atom. The van der Waals surface area contributed by atoms with E-state index in [1.165, 1.54) is 5.69 Å². The van der Waals surface area contributed by atoms with Crippen LogP contribution in [-0.4, -0.2) is 10.5 Å². The highest BCUT2D eigenvalue weighted by molar-refractivity contribution is 5.91. The highest BCUT2D eigenvalue weighted by Gasteiger charge is 2.50. The molecule has 2 aromatic carbocycles. The van der Waals surface area contributed by atoms with Gasteiger partial charge in [-0.3, -0.25) is 4.79 Å². The molecule has 4 heteroatoms. The predicted octanol–water partition coefficient (Wildman–Crippen LogP) is 3.43. The van der Waals surface area contributed by atoms with E-state index in [0.29, 0.717) is 6.04 Å². The standard InChI is InChI=1S/C24H27N3O/c1-18-16-27(17-26(18)2)22-14-13-21(15-22)24(23(25)28,19-9-5-3-6-10-19)20-11-7-4-8-12-20/h3-12,16-17,21-22H,13-15H2,1-2H3,(H-,25,28)/p+1/t21-,22+/m0/s1. The van der Waals surface area contributed by atoms with E-state index in [4.69, 9.17) is 5.73 Å². The Balaban J connectivity index is 1.79. The molecule has 1 fully saturated rings. The van der Waals surface area contributed by atoms with Crippen LogP contribution in [0.15, 0.2) is 73.2 Å². The summed E-state index contributed by atoms with van der Waals surface area (Å²) < 4.78 is 4.44. The van der Waals surface area contributed by atoms with Gasteiger partial charge in [0, 0.05) is 6.92 Å². The largest absolute Gasteiger partial charge is 0.369 e. The van der Waals surface area contributed by atoms with Crippen molar-refractivity contribution in [3.63, 3.8) is 0 Å². The van der Waals surface area contributed by atoms with E-state index < -0.39 is 5.41 Å². The maximum Gasteiger partial charge on any atom is 0.243 e. The SMILES string of the molecule is Cc1c[n+]([C@@H]2CC[C@H](C(C(N)=O)(c3ccccc3)c3ccccc3)C2)cn1C. The monoisotopic (exact) mass is 374 g/mol. The highest BCUT2D eigenvalue weighted by Crippen LogP contribution is 2.48. The van der Waals surface area contributed by atoms with Crippen molar-refractivity contribution in [2.24, 2.45) is 18.7 Å². The number of hydrogen-bond donors (Lipinski definition) is 1. The summed E-state index contributed by atoms with van der Waals surface area (Å²) in [5.41, 5.74) is 8.59. The van der Waals surface area contributed by atoms with Gasteiger partial charge < -0.3 is 5.73 Å². The number of rotatable bonds is 5. The van der Waals surface area contributed by atoms with E-state index in [1.54, 1.807) is 0 Å². The number of aryl methyl sites for hydroxylation is 2. The number of carbonyl (C=O) groups excluding carboxylic acids is 1. The normalized spacial score (nSPS) is 19.6. The first kappa shape index (κ1) is 18.5. The van der Waals surface area contributed by atoms with Crippen LogP contribution in [0.4, 0.5) is 0 Å². The Bertz CT molecular complexity index is 903. The van der Waals surface area contributed by atoms with Crippen molar-refractivity contribution in [1.29, 1.82) is 0 Å². The molecule has 1 amide bonds. The molecule has 0 unspecified atom stereocenters. The fourth-order valence-corrected chi connectivity index (χ4v) is 4.98. The van der Waals surface area contributed by atoms with E-state index in [-0.39, 0.29) is 11.8 Å². The number of aromatic nitrogens is 2. The topological polar surface area (TPSA) is 51.9 Å². The van der Waals surface area contributed by atoms with Crippen LogP contribution in [0, 0.1) is 12.8 Å². The van der Waals surface area contributed by atoms with Gasteiger partial charge in [0.25, 0.3) is 0 Å². The zero-order valence-corrected chi connectivity index (χ0v) is 16.6. The first-order valence-corrected chi connectivity index (χ1v) is 9.98. The van der Waals surface area contributed by atoms with Crippen molar-refractivity contribution in [3.8, 4) is 0 Å². The van der Waals surface area contributed by atoms with Crippen LogP contribution in [0.1, 0.15) is 42.1 Å². The molecule has 28 heavy (non-hydrogen) atoms. The van der Waals surface area contributed by atoms with Crippen LogP contribution in [0.25, 0.3) is 0 Å². The second-order valence-electron chi connectivity index (χ2n) is 8.01. The van der Waals surface area contributed by atoms with Crippen molar-refractivity contribution in [2.45, 2.75) is 37.6 Å². The number of hydrogen-bond acceptors (Lipinski definition) is 1. The Labute approximate surface area is 166 Å². The van der Waals surface area contributed by atoms with Gasteiger partial charge in [-0.1, -0.05) is 60.7 Å². The molecule has 2 N–H and O–H groups in total. The summed E-state index contributed by atoms with van der Waals surface area (Å²) >= 11 is 0. The summed E-state index contributed by atoms with van der Waals surface area (Å²) in [6.45, 7) is 2.12. The molecule has 1 aliphatic rings. The Hall–Kier alpha value is -2.88. The average molecular weight is 375 g/mol. The Kier molecular flexibility index (Phi) is 4.80. The zero-order chi connectivity index (χ0) is 19.7. The summed E-state index contributed by atoms with van der Waals surface area (Å²) in [7, 11) is 2.07. The van der Waals surface area contributed by atoms with Crippen LogP contribution in [0.2, 0.25) is 0 Å². The van der Waals surface area contributed by atoms with Crippen molar-refractivity contribution >= 4 is 5.91 Å². The van der Waals surface area contributed by atoms with Gasteiger partial charge in [-0.2, -0.15) is 0 Å². The first-order valence-electron chi connectivity index (χ1n) is 9.98. The van der Waals surface area contributed by atoms with E-state index in [9.17, 15) is 4.79 Å². The number of amides is 1. The summed E-state index contributed by atoms with van der Waals surface area (Å²) in [6.07, 6.45) is 7.30. The third kappa shape index (κ3) is 2.93.